The van der Waals surface area contributed by atoms with Crippen LogP contribution in [0.4, 0.5) is 8.78 Å². The van der Waals surface area contributed by atoms with Crippen LogP contribution in [0.15, 0.2) is 24.5 Å². The van der Waals surface area contributed by atoms with Crippen molar-refractivity contribution in [2.24, 2.45) is 0 Å². The van der Waals surface area contributed by atoms with E-state index >= 15 is 0 Å². The van der Waals surface area contributed by atoms with E-state index in [4.69, 9.17) is 23.2 Å². The van der Waals surface area contributed by atoms with Crippen LogP contribution >= 0.6 is 23.2 Å². The number of rotatable bonds is 1. The van der Waals surface area contributed by atoms with Gasteiger partial charge in [0.15, 0.2) is 21.9 Å². The van der Waals surface area contributed by atoms with Crippen LogP contribution in [-0.2, 0) is 0 Å². The SMILES string of the molecule is Fc1c(-c2ccnc(Cl)c2F)ccnc1Cl. The van der Waals surface area contributed by atoms with Gasteiger partial charge in [-0.2, -0.15) is 0 Å². The highest BCUT2D eigenvalue weighted by Crippen LogP contribution is 2.29. The second kappa shape index (κ2) is 4.31. The molecule has 2 nitrogen and oxygen atoms in total. The van der Waals surface area contributed by atoms with E-state index in [1.807, 2.05) is 0 Å². The Morgan fingerprint density at radius 3 is 1.56 bits per heavy atom. The van der Waals surface area contributed by atoms with Crippen LogP contribution in [-0.4, -0.2) is 9.97 Å². The van der Waals surface area contributed by atoms with Gasteiger partial charge in [-0.05, 0) is 12.1 Å². The number of pyridine rings is 2. The molecule has 82 valence electrons. The zero-order chi connectivity index (χ0) is 11.7. The first-order chi connectivity index (χ1) is 7.61. The van der Waals surface area contributed by atoms with E-state index < -0.39 is 11.6 Å². The van der Waals surface area contributed by atoms with E-state index in [-0.39, 0.29) is 21.4 Å². The monoisotopic (exact) mass is 260 g/mol. The molecule has 0 fully saturated rings. The van der Waals surface area contributed by atoms with Crippen molar-refractivity contribution in [2.45, 2.75) is 0 Å². The third-order valence-corrected chi connectivity index (χ3v) is 2.51. The first-order valence-corrected chi connectivity index (χ1v) is 4.97. The molecule has 0 atom stereocenters. The van der Waals surface area contributed by atoms with Crippen molar-refractivity contribution in [1.82, 2.24) is 9.97 Å². The first kappa shape index (κ1) is 11.2. The predicted octanol–water partition coefficient (Wildman–Crippen LogP) is 3.73. The maximum atomic E-state index is 13.6. The van der Waals surface area contributed by atoms with Crippen LogP contribution in [0, 0.1) is 11.6 Å². The minimum Gasteiger partial charge on any atom is -0.242 e. The summed E-state index contributed by atoms with van der Waals surface area (Å²) >= 11 is 11.0. The average Bonchev–Trinajstić information content (AvgIpc) is 2.27. The van der Waals surface area contributed by atoms with Gasteiger partial charge in [-0.25, -0.2) is 18.7 Å². The molecule has 0 aromatic carbocycles. The van der Waals surface area contributed by atoms with E-state index in [1.165, 1.54) is 24.5 Å². The van der Waals surface area contributed by atoms with Crippen LogP contribution < -0.4 is 0 Å². The molecule has 6 heteroatoms. The molecule has 2 heterocycles. The Balaban J connectivity index is 2.68. The summed E-state index contributed by atoms with van der Waals surface area (Å²) in [5.41, 5.74) is 0.00333. The summed E-state index contributed by atoms with van der Waals surface area (Å²) in [5.74, 6) is -1.57. The lowest BCUT2D eigenvalue weighted by atomic mass is 10.1. The molecule has 2 aromatic rings. The molecular formula is C10H4Cl2F2N2. The lowest BCUT2D eigenvalue weighted by molar-refractivity contribution is 0.610. The summed E-state index contributed by atoms with van der Waals surface area (Å²) in [7, 11) is 0. The number of hydrogen-bond donors (Lipinski definition) is 0. The van der Waals surface area contributed by atoms with Gasteiger partial charge in [-0.3, -0.25) is 0 Å². The summed E-state index contributed by atoms with van der Waals surface area (Å²) in [5, 5.41) is -0.630. The van der Waals surface area contributed by atoms with Gasteiger partial charge in [0.1, 0.15) is 0 Å². The van der Waals surface area contributed by atoms with E-state index in [1.54, 1.807) is 0 Å². The predicted molar refractivity (Wildman–Crippen MR) is 57.4 cm³/mol. The molecule has 2 rings (SSSR count). The standard InChI is InChI=1S/C10H4Cl2F2N2/c11-9-7(13)5(1-3-15-9)6-2-4-16-10(12)8(6)14/h1-4H. The van der Waals surface area contributed by atoms with E-state index in [2.05, 4.69) is 9.97 Å². The van der Waals surface area contributed by atoms with Gasteiger partial charge in [0.2, 0.25) is 0 Å². The number of aromatic nitrogens is 2. The number of halogens is 4. The smallest absolute Gasteiger partial charge is 0.168 e. The second-order valence-corrected chi connectivity index (χ2v) is 3.64. The van der Waals surface area contributed by atoms with Crippen molar-refractivity contribution in [3.63, 3.8) is 0 Å². The average molecular weight is 261 g/mol. The van der Waals surface area contributed by atoms with Gasteiger partial charge in [-0.15, -0.1) is 0 Å². The largest absolute Gasteiger partial charge is 0.242 e. The van der Waals surface area contributed by atoms with Crippen LogP contribution in [0.3, 0.4) is 0 Å². The van der Waals surface area contributed by atoms with Crippen LogP contribution in [0.1, 0.15) is 0 Å². The summed E-state index contributed by atoms with van der Waals surface area (Å²) in [6.07, 6.45) is 2.57. The molecule has 0 aliphatic carbocycles. The van der Waals surface area contributed by atoms with Gasteiger partial charge in [0.05, 0.1) is 0 Å². The summed E-state index contributed by atoms with van der Waals surface area (Å²) in [4.78, 5) is 7.07. The van der Waals surface area contributed by atoms with Gasteiger partial charge in [0.25, 0.3) is 0 Å². The van der Waals surface area contributed by atoms with Gasteiger partial charge in [-0.1, -0.05) is 23.2 Å². The van der Waals surface area contributed by atoms with E-state index in [0.29, 0.717) is 0 Å². The van der Waals surface area contributed by atoms with E-state index in [0.717, 1.165) is 0 Å². The van der Waals surface area contributed by atoms with Crippen molar-refractivity contribution in [3.05, 3.63) is 46.5 Å². The topological polar surface area (TPSA) is 25.8 Å². The molecule has 0 aliphatic heterocycles. The summed E-state index contributed by atoms with van der Waals surface area (Å²) < 4.78 is 27.1. The Labute approximate surface area is 99.9 Å². The van der Waals surface area contributed by atoms with Gasteiger partial charge < -0.3 is 0 Å². The molecule has 0 spiro atoms. The quantitative estimate of drug-likeness (QED) is 0.731. The molecule has 0 unspecified atom stereocenters. The van der Waals surface area contributed by atoms with E-state index in [9.17, 15) is 8.78 Å². The number of hydrogen-bond acceptors (Lipinski definition) is 2. The molecular weight excluding hydrogens is 257 g/mol. The lowest BCUT2D eigenvalue weighted by Crippen LogP contribution is -1.93. The molecule has 0 saturated carbocycles. The minimum atomic E-state index is -0.787. The molecule has 0 bridgehead atoms. The molecule has 0 aliphatic rings. The fourth-order valence-corrected chi connectivity index (χ4v) is 1.57. The molecule has 2 aromatic heterocycles. The first-order valence-electron chi connectivity index (χ1n) is 4.21. The van der Waals surface area contributed by atoms with Crippen molar-refractivity contribution >= 4 is 23.2 Å². The Bertz CT molecular complexity index is 497. The fraction of sp³-hybridized carbons (Fsp3) is 0. The Kier molecular flexibility index (Phi) is 3.03. The van der Waals surface area contributed by atoms with Gasteiger partial charge in [0, 0.05) is 23.5 Å². The molecule has 0 saturated heterocycles. The fourth-order valence-electron chi connectivity index (χ4n) is 1.25. The Hall–Kier alpha value is -1.26. The zero-order valence-electron chi connectivity index (χ0n) is 7.72. The van der Waals surface area contributed by atoms with Crippen LogP contribution in [0.25, 0.3) is 11.1 Å². The molecule has 0 N–H and O–H groups in total. The van der Waals surface area contributed by atoms with Gasteiger partial charge >= 0.3 is 0 Å². The summed E-state index contributed by atoms with van der Waals surface area (Å²) in [6.45, 7) is 0. The summed E-state index contributed by atoms with van der Waals surface area (Å²) in [6, 6.07) is 2.63. The van der Waals surface area contributed by atoms with Crippen molar-refractivity contribution < 1.29 is 8.78 Å². The third-order valence-electron chi connectivity index (χ3n) is 1.98. The maximum absolute atomic E-state index is 13.6. The minimum absolute atomic E-state index is 0.00167. The molecule has 16 heavy (non-hydrogen) atoms. The Morgan fingerprint density at radius 1 is 0.812 bits per heavy atom. The van der Waals surface area contributed by atoms with Crippen LogP contribution in [0.5, 0.6) is 0 Å². The maximum Gasteiger partial charge on any atom is 0.168 e. The third kappa shape index (κ3) is 1.86. The molecule has 0 amide bonds. The van der Waals surface area contributed by atoms with Crippen molar-refractivity contribution in [2.75, 3.05) is 0 Å². The normalized spacial score (nSPS) is 10.5. The molecule has 0 radical (unpaired) electrons. The number of nitrogens with zero attached hydrogens (tertiary/aromatic N) is 2. The second-order valence-electron chi connectivity index (χ2n) is 2.93. The highest BCUT2D eigenvalue weighted by atomic mass is 35.5. The highest BCUT2D eigenvalue weighted by molar-refractivity contribution is 6.30. The van der Waals surface area contributed by atoms with Crippen molar-refractivity contribution in [1.29, 1.82) is 0 Å². The zero-order valence-corrected chi connectivity index (χ0v) is 9.23. The lowest BCUT2D eigenvalue weighted by Gasteiger charge is -2.05. The van der Waals surface area contributed by atoms with Crippen LogP contribution in [0.2, 0.25) is 10.3 Å². The Morgan fingerprint density at radius 2 is 1.19 bits per heavy atom. The highest BCUT2D eigenvalue weighted by Gasteiger charge is 2.15. The van der Waals surface area contributed by atoms with Crippen molar-refractivity contribution in [3.8, 4) is 11.1 Å².